The Kier molecular flexibility index (Phi) is 3.32. The van der Waals surface area contributed by atoms with Gasteiger partial charge in [-0.05, 0) is 37.6 Å². The summed E-state index contributed by atoms with van der Waals surface area (Å²) < 4.78 is 36.4. The van der Waals surface area contributed by atoms with Crippen molar-refractivity contribution < 1.29 is 22.7 Å². The van der Waals surface area contributed by atoms with Crippen LogP contribution in [-0.4, -0.2) is 24.7 Å². The quantitative estimate of drug-likeness (QED) is 0.818. The van der Waals surface area contributed by atoms with Crippen molar-refractivity contribution >= 4 is 15.8 Å². The van der Waals surface area contributed by atoms with Crippen molar-refractivity contribution in [1.82, 2.24) is 0 Å². The molecule has 0 aliphatic rings. The molecule has 0 aliphatic carbocycles. The number of carboxylic acids is 1. The molecule has 1 unspecified atom stereocenters. The van der Waals surface area contributed by atoms with Crippen molar-refractivity contribution in [3.8, 4) is 0 Å². The number of hydrogen-bond acceptors (Lipinski definition) is 3. The first-order valence-corrected chi connectivity index (χ1v) is 6.04. The summed E-state index contributed by atoms with van der Waals surface area (Å²) in [6.45, 7) is 2.50. The highest BCUT2D eigenvalue weighted by molar-refractivity contribution is 7.92. The standard InChI is InChI=1S/C10H11FO4S/c1-6-5-8(3-4-9(6)11)16(14,15)7(2)10(12)13/h3-5,7H,1-2H3,(H,12,13). The number of sulfone groups is 1. The number of carboxylic acid groups (broad SMARTS) is 1. The first-order valence-electron chi connectivity index (χ1n) is 4.49. The lowest BCUT2D eigenvalue weighted by Gasteiger charge is -2.09. The van der Waals surface area contributed by atoms with Crippen LogP contribution in [-0.2, 0) is 14.6 Å². The maximum Gasteiger partial charge on any atom is 0.321 e. The van der Waals surface area contributed by atoms with Gasteiger partial charge in [0.25, 0.3) is 0 Å². The van der Waals surface area contributed by atoms with Crippen LogP contribution in [0, 0.1) is 12.7 Å². The van der Waals surface area contributed by atoms with E-state index in [4.69, 9.17) is 5.11 Å². The first kappa shape index (κ1) is 12.6. The van der Waals surface area contributed by atoms with Gasteiger partial charge in [0.15, 0.2) is 15.1 Å². The molecular formula is C10H11FO4S. The van der Waals surface area contributed by atoms with E-state index in [1.807, 2.05) is 0 Å². The van der Waals surface area contributed by atoms with Gasteiger partial charge in [0.05, 0.1) is 4.90 Å². The van der Waals surface area contributed by atoms with E-state index >= 15 is 0 Å². The summed E-state index contributed by atoms with van der Waals surface area (Å²) in [5.74, 6) is -1.95. The molecule has 6 heteroatoms. The summed E-state index contributed by atoms with van der Waals surface area (Å²) in [5, 5.41) is 7.11. The summed E-state index contributed by atoms with van der Waals surface area (Å²) in [7, 11) is -3.94. The van der Waals surface area contributed by atoms with Crippen molar-refractivity contribution in [3.05, 3.63) is 29.6 Å². The SMILES string of the molecule is Cc1cc(S(=O)(=O)C(C)C(=O)O)ccc1F. The third-order valence-corrected chi connectivity index (χ3v) is 4.31. The van der Waals surface area contributed by atoms with Crippen molar-refractivity contribution in [2.45, 2.75) is 24.0 Å². The summed E-state index contributed by atoms with van der Waals surface area (Å²) in [6.07, 6.45) is 0. The Bertz CT molecular complexity index is 522. The fourth-order valence-electron chi connectivity index (χ4n) is 1.13. The molecule has 0 bridgehead atoms. The zero-order chi connectivity index (χ0) is 12.5. The molecule has 0 saturated heterocycles. The lowest BCUT2D eigenvalue weighted by molar-refractivity contribution is -0.136. The van der Waals surface area contributed by atoms with Gasteiger partial charge in [-0.3, -0.25) is 4.79 Å². The molecule has 0 fully saturated rings. The minimum atomic E-state index is -3.94. The molecule has 1 atom stereocenters. The van der Waals surface area contributed by atoms with Crippen LogP contribution < -0.4 is 0 Å². The second-order valence-corrected chi connectivity index (χ2v) is 5.70. The van der Waals surface area contributed by atoms with E-state index in [1.54, 1.807) is 0 Å². The van der Waals surface area contributed by atoms with E-state index in [0.717, 1.165) is 25.1 Å². The summed E-state index contributed by atoms with van der Waals surface area (Å²) in [6, 6.07) is 3.21. The van der Waals surface area contributed by atoms with Crippen LogP contribution in [0.5, 0.6) is 0 Å². The molecule has 1 rings (SSSR count). The Balaban J connectivity index is 3.28. The van der Waals surface area contributed by atoms with Crippen LogP contribution in [0.25, 0.3) is 0 Å². The van der Waals surface area contributed by atoms with E-state index < -0.39 is 26.9 Å². The Morgan fingerprint density at radius 3 is 2.44 bits per heavy atom. The number of aliphatic carboxylic acids is 1. The highest BCUT2D eigenvalue weighted by Gasteiger charge is 2.29. The van der Waals surface area contributed by atoms with Gasteiger partial charge in [0, 0.05) is 0 Å². The third-order valence-electron chi connectivity index (χ3n) is 2.27. The Morgan fingerprint density at radius 1 is 1.44 bits per heavy atom. The molecule has 0 amide bonds. The van der Waals surface area contributed by atoms with Crippen LogP contribution in [0.1, 0.15) is 12.5 Å². The van der Waals surface area contributed by atoms with E-state index in [-0.39, 0.29) is 10.5 Å². The number of carbonyl (C=O) groups is 1. The van der Waals surface area contributed by atoms with Crippen molar-refractivity contribution in [2.75, 3.05) is 0 Å². The predicted molar refractivity (Wildman–Crippen MR) is 55.4 cm³/mol. The molecule has 0 saturated carbocycles. The fraction of sp³-hybridized carbons (Fsp3) is 0.300. The minimum Gasteiger partial charge on any atom is -0.480 e. The first-order chi connectivity index (χ1) is 7.26. The maximum absolute atomic E-state index is 12.9. The predicted octanol–water partition coefficient (Wildman–Crippen LogP) is 1.38. The van der Waals surface area contributed by atoms with Gasteiger partial charge in [-0.25, -0.2) is 12.8 Å². The second kappa shape index (κ2) is 4.21. The smallest absolute Gasteiger partial charge is 0.321 e. The van der Waals surface area contributed by atoms with E-state index in [2.05, 4.69) is 0 Å². The number of hydrogen-bond donors (Lipinski definition) is 1. The lowest BCUT2D eigenvalue weighted by atomic mass is 10.2. The molecule has 0 radical (unpaired) electrons. The van der Waals surface area contributed by atoms with Gasteiger partial charge in [-0.2, -0.15) is 0 Å². The minimum absolute atomic E-state index is 0.165. The Hall–Kier alpha value is -1.43. The number of halogens is 1. The maximum atomic E-state index is 12.9. The summed E-state index contributed by atoms with van der Waals surface area (Å²) in [4.78, 5) is 10.4. The van der Waals surface area contributed by atoms with Gasteiger partial charge in [-0.1, -0.05) is 0 Å². The van der Waals surface area contributed by atoms with Gasteiger partial charge in [0.1, 0.15) is 5.82 Å². The zero-order valence-corrected chi connectivity index (χ0v) is 9.58. The topological polar surface area (TPSA) is 71.4 Å². The van der Waals surface area contributed by atoms with Crippen LogP contribution in [0.4, 0.5) is 4.39 Å². The molecule has 4 nitrogen and oxygen atoms in total. The monoisotopic (exact) mass is 246 g/mol. The number of aryl methyl sites for hydroxylation is 1. The van der Waals surface area contributed by atoms with E-state index in [0.29, 0.717) is 0 Å². The molecule has 0 heterocycles. The van der Waals surface area contributed by atoms with Crippen LogP contribution in [0.3, 0.4) is 0 Å². The van der Waals surface area contributed by atoms with Gasteiger partial charge < -0.3 is 5.11 Å². The van der Waals surface area contributed by atoms with Gasteiger partial charge in [-0.15, -0.1) is 0 Å². The molecule has 0 aliphatic heterocycles. The van der Waals surface area contributed by atoms with Crippen molar-refractivity contribution in [1.29, 1.82) is 0 Å². The molecule has 88 valence electrons. The molecule has 1 aromatic carbocycles. The molecule has 16 heavy (non-hydrogen) atoms. The highest BCUT2D eigenvalue weighted by atomic mass is 32.2. The average molecular weight is 246 g/mol. The zero-order valence-electron chi connectivity index (χ0n) is 8.77. The van der Waals surface area contributed by atoms with Crippen molar-refractivity contribution in [2.24, 2.45) is 0 Å². The van der Waals surface area contributed by atoms with E-state index in [1.165, 1.54) is 6.92 Å². The van der Waals surface area contributed by atoms with Crippen molar-refractivity contribution in [3.63, 3.8) is 0 Å². The van der Waals surface area contributed by atoms with Crippen LogP contribution in [0.2, 0.25) is 0 Å². The normalized spacial score (nSPS) is 13.4. The molecule has 0 aromatic heterocycles. The van der Waals surface area contributed by atoms with Crippen LogP contribution >= 0.6 is 0 Å². The highest BCUT2D eigenvalue weighted by Crippen LogP contribution is 2.19. The number of rotatable bonds is 3. The molecular weight excluding hydrogens is 235 g/mol. The number of benzene rings is 1. The molecule has 1 aromatic rings. The Labute approximate surface area is 92.6 Å². The Morgan fingerprint density at radius 2 is 2.00 bits per heavy atom. The fourth-order valence-corrected chi connectivity index (χ4v) is 2.40. The second-order valence-electron chi connectivity index (χ2n) is 3.44. The largest absolute Gasteiger partial charge is 0.480 e. The van der Waals surface area contributed by atoms with Gasteiger partial charge in [0.2, 0.25) is 0 Å². The summed E-state index contributed by atoms with van der Waals surface area (Å²) >= 11 is 0. The summed E-state index contributed by atoms with van der Waals surface area (Å²) in [5.41, 5.74) is 0.165. The molecule has 1 N–H and O–H groups in total. The third kappa shape index (κ3) is 2.21. The average Bonchev–Trinajstić information content (AvgIpc) is 2.20. The lowest BCUT2D eigenvalue weighted by Crippen LogP contribution is -2.27. The molecule has 0 spiro atoms. The van der Waals surface area contributed by atoms with E-state index in [9.17, 15) is 17.6 Å². The van der Waals surface area contributed by atoms with Crippen LogP contribution in [0.15, 0.2) is 23.1 Å². The van der Waals surface area contributed by atoms with Gasteiger partial charge >= 0.3 is 5.97 Å².